The highest BCUT2D eigenvalue weighted by Crippen LogP contribution is 2.23. The van der Waals surface area contributed by atoms with Crippen LogP contribution in [0.15, 0.2) is 24.3 Å². The van der Waals surface area contributed by atoms with Gasteiger partial charge in [0.05, 0.1) is 12.2 Å². The van der Waals surface area contributed by atoms with Crippen LogP contribution >= 0.6 is 0 Å². The maximum Gasteiger partial charge on any atom is 0.573 e. The molecule has 5 nitrogen and oxygen atoms in total. The van der Waals surface area contributed by atoms with Crippen molar-refractivity contribution < 1.29 is 32.2 Å². The minimum atomic E-state index is -4.76. The summed E-state index contributed by atoms with van der Waals surface area (Å²) in [5, 5.41) is 0. The molecule has 0 bridgehead atoms. The third-order valence-corrected chi connectivity index (χ3v) is 3.57. The van der Waals surface area contributed by atoms with E-state index < -0.39 is 12.3 Å². The summed E-state index contributed by atoms with van der Waals surface area (Å²) in [6, 6.07) is 4.61. The average Bonchev–Trinajstić information content (AvgIpc) is 2.51. The number of morpholine rings is 1. The number of ether oxygens (including phenoxy) is 3. The third kappa shape index (κ3) is 6.91. The maximum atomic E-state index is 12.1. The number of esters is 1. The Morgan fingerprint density at radius 3 is 2.60 bits per heavy atom. The number of carbonyl (C=O) groups excluding carboxylic acids is 1. The van der Waals surface area contributed by atoms with Crippen molar-refractivity contribution in [1.29, 1.82) is 0 Å². The molecule has 0 N–H and O–H groups in total. The molecule has 8 heteroatoms. The van der Waals surface area contributed by atoms with Crippen LogP contribution < -0.4 is 4.74 Å². The second kappa shape index (κ2) is 8.53. The van der Waals surface area contributed by atoms with Crippen LogP contribution in [0.5, 0.6) is 5.75 Å². The van der Waals surface area contributed by atoms with Gasteiger partial charge in [0.15, 0.2) is 0 Å². The van der Waals surface area contributed by atoms with Crippen molar-refractivity contribution in [3.63, 3.8) is 0 Å². The quantitative estimate of drug-likeness (QED) is 0.729. The topological polar surface area (TPSA) is 48.0 Å². The van der Waals surface area contributed by atoms with Crippen LogP contribution in [-0.2, 0) is 9.47 Å². The number of alkyl halides is 3. The molecule has 0 radical (unpaired) electrons. The Labute approximate surface area is 144 Å². The van der Waals surface area contributed by atoms with Gasteiger partial charge < -0.3 is 14.2 Å². The lowest BCUT2D eigenvalue weighted by molar-refractivity contribution is -0.274. The Morgan fingerprint density at radius 2 is 2.00 bits per heavy atom. The molecule has 2 rings (SSSR count). The fourth-order valence-corrected chi connectivity index (χ4v) is 2.61. The molecular formula is C17H22F3NO4. The average molecular weight is 361 g/mol. The van der Waals surface area contributed by atoms with Crippen LogP contribution in [-0.4, -0.2) is 56.2 Å². The van der Waals surface area contributed by atoms with E-state index in [0.29, 0.717) is 19.1 Å². The van der Waals surface area contributed by atoms with E-state index in [0.717, 1.165) is 25.2 Å². The van der Waals surface area contributed by atoms with Gasteiger partial charge in [0.25, 0.3) is 0 Å². The van der Waals surface area contributed by atoms with Gasteiger partial charge in [0.1, 0.15) is 18.5 Å². The van der Waals surface area contributed by atoms with Gasteiger partial charge in [-0.25, -0.2) is 4.79 Å². The van der Waals surface area contributed by atoms with E-state index >= 15 is 0 Å². The summed E-state index contributed by atoms with van der Waals surface area (Å²) in [6.07, 6.45) is -4.97. The van der Waals surface area contributed by atoms with Crippen molar-refractivity contribution in [2.45, 2.75) is 26.3 Å². The van der Waals surface area contributed by atoms with Crippen molar-refractivity contribution in [3.8, 4) is 5.75 Å². The molecule has 0 aromatic heterocycles. The van der Waals surface area contributed by atoms with E-state index in [1.807, 2.05) is 0 Å². The summed E-state index contributed by atoms with van der Waals surface area (Å²) >= 11 is 0. The lowest BCUT2D eigenvalue weighted by Crippen LogP contribution is -2.45. The van der Waals surface area contributed by atoms with Crippen LogP contribution in [0.2, 0.25) is 0 Å². The fourth-order valence-electron chi connectivity index (χ4n) is 2.61. The largest absolute Gasteiger partial charge is 0.573 e. The summed E-state index contributed by atoms with van der Waals surface area (Å²) in [5.41, 5.74) is 0.157. The van der Waals surface area contributed by atoms with Gasteiger partial charge in [0.2, 0.25) is 0 Å². The van der Waals surface area contributed by atoms with Gasteiger partial charge in [-0.1, -0.05) is 13.8 Å². The molecule has 1 aromatic carbocycles. The predicted octanol–water partition coefficient (Wildman–Crippen LogP) is 3.10. The first-order valence-corrected chi connectivity index (χ1v) is 8.10. The van der Waals surface area contributed by atoms with Crippen molar-refractivity contribution in [2.24, 2.45) is 5.92 Å². The molecular weight excluding hydrogens is 339 g/mol. The van der Waals surface area contributed by atoms with Crippen molar-refractivity contribution in [2.75, 3.05) is 32.8 Å². The molecule has 1 aliphatic rings. The number of hydrogen-bond acceptors (Lipinski definition) is 5. The molecule has 0 aliphatic carbocycles. The zero-order chi connectivity index (χ0) is 18.4. The van der Waals surface area contributed by atoms with E-state index in [1.165, 1.54) is 12.1 Å². The maximum absolute atomic E-state index is 12.1. The Morgan fingerprint density at radius 1 is 1.32 bits per heavy atom. The third-order valence-electron chi connectivity index (χ3n) is 3.57. The molecule has 1 heterocycles. The summed E-state index contributed by atoms with van der Waals surface area (Å²) in [4.78, 5) is 14.2. The summed E-state index contributed by atoms with van der Waals surface area (Å²) in [5.74, 6) is -0.453. The number of hydrogen-bond donors (Lipinski definition) is 0. The Hall–Kier alpha value is -1.80. The molecule has 1 saturated heterocycles. The first-order chi connectivity index (χ1) is 11.7. The van der Waals surface area contributed by atoms with Crippen LogP contribution in [0.25, 0.3) is 0 Å². The van der Waals surface area contributed by atoms with Gasteiger partial charge >= 0.3 is 12.3 Å². The Kier molecular flexibility index (Phi) is 6.66. The smallest absolute Gasteiger partial charge is 0.459 e. The Balaban J connectivity index is 1.81. The molecule has 0 spiro atoms. The standard InChI is InChI=1S/C17H22F3NO4/c1-12(2)9-21-7-8-23-15(10-21)11-24-16(22)13-3-5-14(6-4-13)25-17(18,19)20/h3-6,12,15H,7-11H2,1-2H3. The highest BCUT2D eigenvalue weighted by Gasteiger charge is 2.31. The highest BCUT2D eigenvalue weighted by molar-refractivity contribution is 5.89. The lowest BCUT2D eigenvalue weighted by Gasteiger charge is -2.33. The SMILES string of the molecule is CC(C)CN1CCOC(COC(=O)c2ccc(OC(F)(F)F)cc2)C1. The molecule has 0 amide bonds. The van der Waals surface area contributed by atoms with Crippen LogP contribution in [0, 0.1) is 5.92 Å². The van der Waals surface area contributed by atoms with E-state index in [1.54, 1.807) is 0 Å². The van der Waals surface area contributed by atoms with Crippen molar-refractivity contribution >= 4 is 5.97 Å². The number of halogens is 3. The van der Waals surface area contributed by atoms with Crippen molar-refractivity contribution in [3.05, 3.63) is 29.8 Å². The minimum Gasteiger partial charge on any atom is -0.459 e. The molecule has 0 saturated carbocycles. The normalized spacial score (nSPS) is 19.0. The van der Waals surface area contributed by atoms with E-state index in [-0.39, 0.29) is 24.0 Å². The van der Waals surface area contributed by atoms with Gasteiger partial charge in [-0.15, -0.1) is 13.2 Å². The zero-order valence-corrected chi connectivity index (χ0v) is 14.2. The second-order valence-electron chi connectivity index (χ2n) is 6.32. The van der Waals surface area contributed by atoms with Gasteiger partial charge in [-0.05, 0) is 30.2 Å². The Bertz CT molecular complexity index is 560. The first-order valence-electron chi connectivity index (χ1n) is 8.10. The van der Waals surface area contributed by atoms with Crippen LogP contribution in [0.1, 0.15) is 24.2 Å². The van der Waals surface area contributed by atoms with Crippen molar-refractivity contribution in [1.82, 2.24) is 4.90 Å². The molecule has 25 heavy (non-hydrogen) atoms. The number of carbonyl (C=O) groups is 1. The highest BCUT2D eigenvalue weighted by atomic mass is 19.4. The molecule has 1 fully saturated rings. The molecule has 1 aliphatic heterocycles. The summed E-state index contributed by atoms with van der Waals surface area (Å²) < 4.78 is 50.9. The summed E-state index contributed by atoms with van der Waals surface area (Å²) in [7, 11) is 0. The lowest BCUT2D eigenvalue weighted by atomic mass is 10.2. The number of benzene rings is 1. The number of nitrogens with zero attached hydrogens (tertiary/aromatic N) is 1. The minimum absolute atomic E-state index is 0.105. The van der Waals surface area contributed by atoms with Gasteiger partial charge in [0, 0.05) is 19.6 Å². The van der Waals surface area contributed by atoms with E-state index in [9.17, 15) is 18.0 Å². The first kappa shape index (κ1) is 19.5. The van der Waals surface area contributed by atoms with E-state index in [2.05, 4.69) is 23.5 Å². The molecule has 1 atom stereocenters. The van der Waals surface area contributed by atoms with Gasteiger partial charge in [-0.2, -0.15) is 0 Å². The molecule has 1 aromatic rings. The summed E-state index contributed by atoms with van der Waals surface area (Å²) in [6.45, 7) is 7.45. The monoisotopic (exact) mass is 361 g/mol. The molecule has 140 valence electrons. The number of rotatable bonds is 6. The van der Waals surface area contributed by atoms with Gasteiger partial charge in [-0.3, -0.25) is 4.90 Å². The van der Waals surface area contributed by atoms with E-state index in [4.69, 9.17) is 9.47 Å². The second-order valence-corrected chi connectivity index (χ2v) is 6.32. The molecule has 1 unspecified atom stereocenters. The van der Waals surface area contributed by atoms with Crippen LogP contribution in [0.4, 0.5) is 13.2 Å². The fraction of sp³-hybridized carbons (Fsp3) is 0.588. The predicted molar refractivity (Wildman–Crippen MR) is 84.4 cm³/mol. The van der Waals surface area contributed by atoms with Crippen LogP contribution in [0.3, 0.4) is 0 Å². The zero-order valence-electron chi connectivity index (χ0n) is 14.2.